The van der Waals surface area contributed by atoms with E-state index < -0.39 is 35.1 Å². The first-order chi connectivity index (χ1) is 15.9. The van der Waals surface area contributed by atoms with Gasteiger partial charge in [-0.25, -0.2) is 4.90 Å². The van der Waals surface area contributed by atoms with Gasteiger partial charge >= 0.3 is 0 Å². The Bertz CT molecular complexity index is 1350. The van der Waals surface area contributed by atoms with Gasteiger partial charge in [-0.3, -0.25) is 24.5 Å². The molecule has 3 aliphatic carbocycles. The number of nitrogens with zero attached hydrogens (tertiary/aromatic N) is 2. The van der Waals surface area contributed by atoms with Crippen LogP contribution in [0.15, 0.2) is 72.8 Å². The fourth-order valence-corrected chi connectivity index (χ4v) is 6.14. The number of ketones is 1. The smallest absolute Gasteiger partial charge is 0.285 e. The average Bonchev–Trinajstić information content (AvgIpc) is 3.09. The van der Waals surface area contributed by atoms with Crippen LogP contribution in [0.25, 0.3) is 0 Å². The molecule has 1 heterocycles. The Labute approximate surface area is 188 Å². The number of rotatable bonds is 3. The van der Waals surface area contributed by atoms with Gasteiger partial charge in [0.2, 0.25) is 11.8 Å². The van der Waals surface area contributed by atoms with Gasteiger partial charge in [0.05, 0.1) is 11.6 Å². The molecule has 4 aliphatic rings. The van der Waals surface area contributed by atoms with Crippen molar-refractivity contribution < 1.29 is 19.3 Å². The summed E-state index contributed by atoms with van der Waals surface area (Å²) in [6, 6.07) is 20.4. The van der Waals surface area contributed by atoms with Crippen molar-refractivity contribution in [3.63, 3.8) is 0 Å². The van der Waals surface area contributed by atoms with Gasteiger partial charge in [-0.05, 0) is 42.3 Å². The molecule has 3 aromatic carbocycles. The molecule has 0 spiro atoms. The van der Waals surface area contributed by atoms with Crippen LogP contribution in [-0.4, -0.2) is 22.5 Å². The third kappa shape index (κ3) is 2.21. The lowest BCUT2D eigenvalue weighted by Crippen LogP contribution is -2.57. The SMILES string of the molecule is CC(=O)c1ccc(N2C(=O)[C@H]3C4c5ccccc5C([N+](=O)[O-])(c5ccccc54)[C@H]3C2=O)cc1. The number of imide groups is 1. The predicted octanol–water partition coefficient (Wildman–Crippen LogP) is 3.67. The number of benzene rings is 3. The van der Waals surface area contributed by atoms with Crippen molar-refractivity contribution in [1.82, 2.24) is 0 Å². The van der Waals surface area contributed by atoms with E-state index in [1.165, 1.54) is 6.92 Å². The maximum Gasteiger partial charge on any atom is 0.285 e. The minimum atomic E-state index is -1.84. The molecule has 2 bridgehead atoms. The Hall–Kier alpha value is -4.13. The molecule has 1 aliphatic heterocycles. The average molecular weight is 438 g/mol. The molecule has 0 N–H and O–H groups in total. The molecular formula is C26H18N2O5. The van der Waals surface area contributed by atoms with Crippen LogP contribution < -0.4 is 4.90 Å². The van der Waals surface area contributed by atoms with E-state index in [9.17, 15) is 24.5 Å². The molecule has 162 valence electrons. The molecule has 3 aromatic rings. The van der Waals surface area contributed by atoms with Crippen LogP contribution in [0.1, 0.15) is 45.5 Å². The summed E-state index contributed by atoms with van der Waals surface area (Å²) in [5.41, 5.74) is 1.35. The highest BCUT2D eigenvalue weighted by atomic mass is 16.6. The summed E-state index contributed by atoms with van der Waals surface area (Å²) in [5, 5.41) is 12.9. The largest absolute Gasteiger partial charge is 0.295 e. The van der Waals surface area contributed by atoms with E-state index in [1.807, 2.05) is 24.3 Å². The zero-order chi connectivity index (χ0) is 23.1. The Balaban J connectivity index is 1.61. The third-order valence-electron chi connectivity index (χ3n) is 7.39. The molecule has 0 radical (unpaired) electrons. The van der Waals surface area contributed by atoms with Gasteiger partial charge in [-0.1, -0.05) is 48.5 Å². The van der Waals surface area contributed by atoms with Crippen molar-refractivity contribution in [1.29, 1.82) is 0 Å². The van der Waals surface area contributed by atoms with Gasteiger partial charge in [0, 0.05) is 27.5 Å². The van der Waals surface area contributed by atoms with Crippen LogP contribution in [0.3, 0.4) is 0 Å². The zero-order valence-electron chi connectivity index (χ0n) is 17.6. The number of amides is 2. The fraction of sp³-hybridized carbons (Fsp3) is 0.192. The van der Waals surface area contributed by atoms with Crippen molar-refractivity contribution in [2.45, 2.75) is 18.4 Å². The van der Waals surface area contributed by atoms with E-state index in [0.29, 0.717) is 22.4 Å². The first-order valence-electron chi connectivity index (χ1n) is 10.7. The third-order valence-corrected chi connectivity index (χ3v) is 7.39. The summed E-state index contributed by atoms with van der Waals surface area (Å²) in [6.07, 6.45) is 0. The lowest BCUT2D eigenvalue weighted by molar-refractivity contribution is -0.578. The second kappa shape index (κ2) is 6.45. The number of hydrogen-bond acceptors (Lipinski definition) is 5. The number of Topliss-reactive ketones (excluding diaryl/α,β-unsaturated/α-hetero) is 1. The number of anilines is 1. The molecule has 0 aromatic heterocycles. The van der Waals surface area contributed by atoms with E-state index in [0.717, 1.165) is 16.0 Å². The molecule has 7 rings (SSSR count). The van der Waals surface area contributed by atoms with Crippen LogP contribution in [0, 0.1) is 22.0 Å². The van der Waals surface area contributed by atoms with Gasteiger partial charge in [0.25, 0.3) is 5.54 Å². The quantitative estimate of drug-likeness (QED) is 0.269. The number of nitro groups is 1. The van der Waals surface area contributed by atoms with Crippen molar-refractivity contribution in [2.75, 3.05) is 4.90 Å². The van der Waals surface area contributed by atoms with Gasteiger partial charge in [0.15, 0.2) is 5.78 Å². The van der Waals surface area contributed by atoms with Crippen LogP contribution in [-0.2, 0) is 15.1 Å². The van der Waals surface area contributed by atoms with E-state index in [4.69, 9.17) is 0 Å². The minimum absolute atomic E-state index is 0.134. The highest BCUT2D eigenvalue weighted by molar-refractivity contribution is 6.23. The highest BCUT2D eigenvalue weighted by Crippen LogP contribution is 2.64. The second-order valence-corrected chi connectivity index (χ2v) is 8.79. The summed E-state index contributed by atoms with van der Waals surface area (Å²) in [4.78, 5) is 52.8. The van der Waals surface area contributed by atoms with E-state index in [1.54, 1.807) is 48.5 Å². The molecule has 7 nitrogen and oxygen atoms in total. The Kier molecular flexibility index (Phi) is 3.82. The molecule has 33 heavy (non-hydrogen) atoms. The van der Waals surface area contributed by atoms with E-state index >= 15 is 0 Å². The first-order valence-corrected chi connectivity index (χ1v) is 10.7. The van der Waals surface area contributed by atoms with E-state index in [-0.39, 0.29) is 10.7 Å². The lowest BCUT2D eigenvalue weighted by Gasteiger charge is -2.48. The Morgan fingerprint density at radius 1 is 0.879 bits per heavy atom. The first kappa shape index (κ1) is 19.5. The number of carbonyl (C=O) groups is 3. The van der Waals surface area contributed by atoms with Gasteiger partial charge in [0.1, 0.15) is 5.92 Å². The van der Waals surface area contributed by atoms with Crippen LogP contribution >= 0.6 is 0 Å². The molecule has 1 fully saturated rings. The van der Waals surface area contributed by atoms with E-state index in [2.05, 4.69) is 0 Å². The normalized spacial score (nSPS) is 26.6. The molecule has 7 heteroatoms. The van der Waals surface area contributed by atoms with Gasteiger partial charge in [-0.15, -0.1) is 0 Å². The van der Waals surface area contributed by atoms with Crippen molar-refractivity contribution in [3.05, 3.63) is 111 Å². The zero-order valence-corrected chi connectivity index (χ0v) is 17.6. The van der Waals surface area contributed by atoms with Crippen LogP contribution in [0.2, 0.25) is 0 Å². The monoisotopic (exact) mass is 438 g/mol. The minimum Gasteiger partial charge on any atom is -0.295 e. The van der Waals surface area contributed by atoms with Crippen molar-refractivity contribution in [2.24, 2.45) is 11.8 Å². The Morgan fingerprint density at radius 2 is 1.42 bits per heavy atom. The molecule has 2 amide bonds. The maximum absolute atomic E-state index is 13.8. The molecule has 0 unspecified atom stereocenters. The van der Waals surface area contributed by atoms with Crippen LogP contribution in [0.4, 0.5) is 5.69 Å². The predicted molar refractivity (Wildman–Crippen MR) is 118 cm³/mol. The van der Waals surface area contributed by atoms with Gasteiger partial charge < -0.3 is 0 Å². The Morgan fingerprint density at radius 3 is 1.94 bits per heavy atom. The summed E-state index contributed by atoms with van der Waals surface area (Å²) in [6.45, 7) is 1.43. The molecular weight excluding hydrogens is 420 g/mol. The summed E-state index contributed by atoms with van der Waals surface area (Å²) in [5.74, 6) is -3.62. The van der Waals surface area contributed by atoms with Crippen LogP contribution in [0.5, 0.6) is 0 Å². The number of carbonyl (C=O) groups excluding carboxylic acids is 3. The molecule has 2 atom stereocenters. The molecule has 0 saturated carbocycles. The lowest BCUT2D eigenvalue weighted by atomic mass is 9.51. The second-order valence-electron chi connectivity index (χ2n) is 8.79. The number of hydrogen-bond donors (Lipinski definition) is 0. The standard InChI is InChI=1S/C26H18N2O5/c1-14(29)15-10-12-16(13-11-15)27-24(30)22-21-17-6-2-4-8-19(17)26(28(32)33,23(22)25(27)31)20-9-5-3-7-18(20)21/h2-13,21-23H,1H3/t21?,22-,23+,26?/m0/s1. The summed E-state index contributed by atoms with van der Waals surface area (Å²) >= 11 is 0. The summed E-state index contributed by atoms with van der Waals surface area (Å²) in [7, 11) is 0. The summed E-state index contributed by atoms with van der Waals surface area (Å²) < 4.78 is 0. The van der Waals surface area contributed by atoms with Crippen molar-refractivity contribution in [3.8, 4) is 0 Å². The maximum atomic E-state index is 13.8. The molecule has 1 saturated heterocycles. The highest BCUT2D eigenvalue weighted by Gasteiger charge is 2.74. The topological polar surface area (TPSA) is 97.6 Å². The van der Waals surface area contributed by atoms with Gasteiger partial charge in [-0.2, -0.15) is 0 Å². The van der Waals surface area contributed by atoms with Crippen molar-refractivity contribution >= 4 is 23.3 Å². The fourth-order valence-electron chi connectivity index (χ4n) is 6.14.